The van der Waals surface area contributed by atoms with Gasteiger partial charge in [-0.05, 0) is 60.9 Å². The molecular formula is C35H35Cl3N4O7S. The van der Waals surface area contributed by atoms with Gasteiger partial charge in [0.05, 0.1) is 32.7 Å². The van der Waals surface area contributed by atoms with E-state index in [4.69, 9.17) is 39.5 Å². The van der Waals surface area contributed by atoms with Gasteiger partial charge in [0.1, 0.15) is 18.3 Å². The Hall–Kier alpha value is -4.36. The summed E-state index contributed by atoms with van der Waals surface area (Å²) in [5.41, 5.74) is 1.00. The topological polar surface area (TPSA) is 139 Å². The van der Waals surface area contributed by atoms with E-state index < -0.39 is 49.9 Å². The van der Waals surface area contributed by atoms with E-state index in [-0.39, 0.29) is 45.0 Å². The summed E-state index contributed by atoms with van der Waals surface area (Å²) < 4.78 is 35.2. The first-order valence-electron chi connectivity index (χ1n) is 15.4. The van der Waals surface area contributed by atoms with E-state index >= 15 is 0 Å². The number of hydrogen-bond donors (Lipinski definition) is 1. The number of nitrogens with one attached hydrogen (secondary N) is 1. The molecular weight excluding hydrogens is 727 g/mol. The Bertz CT molecular complexity index is 1980. The predicted octanol–water partition coefficient (Wildman–Crippen LogP) is 7.23. The Morgan fingerprint density at radius 1 is 0.940 bits per heavy atom. The number of benzene rings is 4. The molecule has 0 bridgehead atoms. The van der Waals surface area contributed by atoms with Crippen LogP contribution < -0.4 is 14.4 Å². The minimum Gasteiger partial charge on any atom is -0.495 e. The fraction of sp³-hybridized carbons (Fsp3) is 0.257. The van der Waals surface area contributed by atoms with E-state index in [1.807, 2.05) is 37.3 Å². The van der Waals surface area contributed by atoms with Crippen LogP contribution in [0.5, 0.6) is 5.75 Å². The zero-order valence-electron chi connectivity index (χ0n) is 27.4. The van der Waals surface area contributed by atoms with Crippen molar-refractivity contribution in [3.05, 3.63) is 127 Å². The molecule has 0 spiro atoms. The fourth-order valence-electron chi connectivity index (χ4n) is 5.20. The van der Waals surface area contributed by atoms with Gasteiger partial charge in [-0.2, -0.15) is 0 Å². The Balaban J connectivity index is 1.90. The highest BCUT2D eigenvalue weighted by molar-refractivity contribution is 7.92. The number of nitrogens with zero attached hydrogens (tertiary/aromatic N) is 3. The number of sulfonamides is 1. The summed E-state index contributed by atoms with van der Waals surface area (Å²) in [6, 6.07) is 20.4. The Labute approximate surface area is 305 Å². The van der Waals surface area contributed by atoms with E-state index in [9.17, 15) is 28.1 Å². The highest BCUT2D eigenvalue weighted by atomic mass is 35.5. The quantitative estimate of drug-likeness (QED) is 0.0996. The van der Waals surface area contributed by atoms with Crippen LogP contribution >= 0.6 is 34.8 Å². The van der Waals surface area contributed by atoms with Crippen molar-refractivity contribution in [2.24, 2.45) is 0 Å². The third-order valence-corrected chi connectivity index (χ3v) is 10.5. The number of aryl methyl sites for hydroxylation is 1. The molecule has 0 saturated carbocycles. The number of carbonyl (C=O) groups excluding carboxylic acids is 2. The van der Waals surface area contributed by atoms with Crippen molar-refractivity contribution < 1.29 is 27.7 Å². The molecule has 264 valence electrons. The molecule has 0 unspecified atom stereocenters. The molecule has 0 aliphatic carbocycles. The van der Waals surface area contributed by atoms with Crippen LogP contribution in [0.1, 0.15) is 30.0 Å². The van der Waals surface area contributed by atoms with Gasteiger partial charge in [0.25, 0.3) is 15.7 Å². The van der Waals surface area contributed by atoms with Gasteiger partial charge in [-0.1, -0.05) is 84.2 Å². The lowest BCUT2D eigenvalue weighted by atomic mass is 10.0. The molecule has 0 heterocycles. The molecule has 0 fully saturated rings. The molecule has 0 aromatic heterocycles. The smallest absolute Gasteiger partial charge is 0.273 e. The third-order valence-electron chi connectivity index (χ3n) is 7.81. The highest BCUT2D eigenvalue weighted by Gasteiger charge is 2.36. The molecule has 50 heavy (non-hydrogen) atoms. The normalized spacial score (nSPS) is 11.8. The second-order valence-electron chi connectivity index (χ2n) is 11.3. The van der Waals surface area contributed by atoms with E-state index in [1.165, 1.54) is 49.3 Å². The van der Waals surface area contributed by atoms with Crippen LogP contribution in [0.3, 0.4) is 0 Å². The van der Waals surface area contributed by atoms with E-state index in [2.05, 4.69) is 5.32 Å². The Morgan fingerprint density at radius 3 is 2.30 bits per heavy atom. The number of ether oxygens (including phenoxy) is 1. The number of nitro benzene ring substituents is 1. The minimum atomic E-state index is -4.71. The van der Waals surface area contributed by atoms with Crippen molar-refractivity contribution in [1.29, 1.82) is 0 Å². The number of methoxy groups -OCH3 is 1. The van der Waals surface area contributed by atoms with Crippen molar-refractivity contribution in [2.45, 2.75) is 44.2 Å². The van der Waals surface area contributed by atoms with Crippen LogP contribution in [0.15, 0.2) is 89.8 Å². The minimum absolute atomic E-state index is 0.0601. The van der Waals surface area contributed by atoms with Crippen LogP contribution in [-0.4, -0.2) is 56.3 Å². The summed E-state index contributed by atoms with van der Waals surface area (Å²) in [5.74, 6) is -1.16. The van der Waals surface area contributed by atoms with Crippen LogP contribution in [0.25, 0.3) is 0 Å². The van der Waals surface area contributed by atoms with Crippen molar-refractivity contribution in [1.82, 2.24) is 10.2 Å². The number of rotatable bonds is 15. The first kappa shape index (κ1) is 38.4. The average Bonchev–Trinajstić information content (AvgIpc) is 3.09. The molecule has 1 atom stereocenters. The molecule has 0 aliphatic heterocycles. The summed E-state index contributed by atoms with van der Waals surface area (Å²) in [7, 11) is -3.39. The van der Waals surface area contributed by atoms with Gasteiger partial charge in [-0.25, -0.2) is 8.42 Å². The fourth-order valence-corrected chi connectivity index (χ4v) is 7.12. The Morgan fingerprint density at radius 2 is 1.66 bits per heavy atom. The van der Waals surface area contributed by atoms with Gasteiger partial charge >= 0.3 is 0 Å². The van der Waals surface area contributed by atoms with E-state index in [0.717, 1.165) is 15.9 Å². The van der Waals surface area contributed by atoms with Crippen LogP contribution in [0.4, 0.5) is 11.4 Å². The summed E-state index contributed by atoms with van der Waals surface area (Å²) in [6.45, 7) is 2.72. The summed E-state index contributed by atoms with van der Waals surface area (Å²) in [4.78, 5) is 40.4. The van der Waals surface area contributed by atoms with E-state index in [1.54, 1.807) is 18.2 Å². The van der Waals surface area contributed by atoms with Gasteiger partial charge < -0.3 is 15.0 Å². The van der Waals surface area contributed by atoms with Crippen LogP contribution in [-0.2, 0) is 32.6 Å². The molecule has 0 radical (unpaired) electrons. The zero-order chi connectivity index (χ0) is 36.6. The van der Waals surface area contributed by atoms with Crippen LogP contribution in [0.2, 0.25) is 15.1 Å². The molecule has 4 aromatic rings. The summed E-state index contributed by atoms with van der Waals surface area (Å²) in [6.07, 6.45) is 0.731. The molecule has 4 rings (SSSR count). The van der Waals surface area contributed by atoms with Crippen molar-refractivity contribution in [2.75, 3.05) is 24.5 Å². The van der Waals surface area contributed by atoms with Gasteiger partial charge in [-0.15, -0.1) is 0 Å². The highest BCUT2D eigenvalue weighted by Crippen LogP contribution is 2.36. The molecule has 11 nitrogen and oxygen atoms in total. The zero-order valence-corrected chi connectivity index (χ0v) is 30.5. The standard InChI is InChI=1S/C35H35Cl3N4O7S/c1-4-16-39-35(44)32(18-24-8-6-5-7-9-24)40(21-25-11-14-28(37)29(38)17-25)34(43)22-41(31-19-26(36)12-15-33(31)49-3)50(47,48)27-13-10-23(2)30(20-27)42(45)46/h5-15,17,19-20,32H,4,16,18,21-22H2,1-3H3,(H,39,44)/t32-/m0/s1. The lowest BCUT2D eigenvalue weighted by Crippen LogP contribution is -2.53. The molecule has 2 amide bonds. The summed E-state index contributed by atoms with van der Waals surface area (Å²) >= 11 is 18.8. The lowest BCUT2D eigenvalue weighted by molar-refractivity contribution is -0.385. The molecule has 0 saturated heterocycles. The Kier molecular flexibility index (Phi) is 13.1. The van der Waals surface area contributed by atoms with Gasteiger partial charge in [0, 0.05) is 36.2 Å². The largest absolute Gasteiger partial charge is 0.495 e. The first-order chi connectivity index (χ1) is 23.8. The number of carbonyl (C=O) groups is 2. The number of amides is 2. The molecule has 4 aromatic carbocycles. The monoisotopic (exact) mass is 760 g/mol. The second-order valence-corrected chi connectivity index (χ2v) is 14.4. The number of halogens is 3. The summed E-state index contributed by atoms with van der Waals surface area (Å²) in [5, 5.41) is 15.3. The SMILES string of the molecule is CCCNC(=O)[C@H](Cc1ccccc1)N(Cc1ccc(Cl)c(Cl)c1)C(=O)CN(c1cc(Cl)ccc1OC)S(=O)(=O)c1ccc(C)c([N+](=O)[O-])c1. The second kappa shape index (κ2) is 17.0. The molecule has 15 heteroatoms. The van der Waals surface area contributed by atoms with Crippen molar-refractivity contribution in [3.8, 4) is 5.75 Å². The molecule has 0 aliphatic rings. The van der Waals surface area contributed by atoms with Crippen molar-refractivity contribution >= 4 is 68.0 Å². The lowest BCUT2D eigenvalue weighted by Gasteiger charge is -2.34. The predicted molar refractivity (Wildman–Crippen MR) is 195 cm³/mol. The third kappa shape index (κ3) is 9.25. The van der Waals surface area contributed by atoms with Gasteiger partial charge in [-0.3, -0.25) is 24.0 Å². The molecule has 1 N–H and O–H groups in total. The maximum absolute atomic E-state index is 14.7. The maximum Gasteiger partial charge on any atom is 0.273 e. The van der Waals surface area contributed by atoms with Crippen molar-refractivity contribution in [3.63, 3.8) is 0 Å². The average molecular weight is 762 g/mol. The van der Waals surface area contributed by atoms with Crippen LogP contribution in [0, 0.1) is 17.0 Å². The van der Waals surface area contributed by atoms with Gasteiger partial charge in [0.15, 0.2) is 0 Å². The number of nitro groups is 1. The van der Waals surface area contributed by atoms with Gasteiger partial charge in [0.2, 0.25) is 11.8 Å². The number of anilines is 1. The maximum atomic E-state index is 14.7. The van der Waals surface area contributed by atoms with E-state index in [0.29, 0.717) is 18.5 Å². The first-order valence-corrected chi connectivity index (χ1v) is 18.0. The number of hydrogen-bond acceptors (Lipinski definition) is 7.